The van der Waals surface area contributed by atoms with E-state index in [1.165, 1.54) is 6.92 Å². The Bertz CT molecular complexity index is 378. The molecule has 3 nitrogen and oxygen atoms in total. The highest BCUT2D eigenvalue weighted by molar-refractivity contribution is 9.10. The number of amides is 1. The molecular weight excluding hydrogens is 281 g/mol. The quantitative estimate of drug-likeness (QED) is 0.869. The van der Waals surface area contributed by atoms with Gasteiger partial charge in [0.25, 0.3) is 5.91 Å². The Morgan fingerprint density at radius 2 is 1.87 bits per heavy atom. The van der Waals surface area contributed by atoms with E-state index in [0.29, 0.717) is 5.56 Å². The molecule has 80 valence electrons. The monoisotopic (exact) mass is 289 g/mol. The molecule has 0 saturated heterocycles. The summed E-state index contributed by atoms with van der Waals surface area (Å²) < 4.78 is 0.889. The van der Waals surface area contributed by atoms with E-state index in [-0.39, 0.29) is 5.91 Å². The second-order valence-electron chi connectivity index (χ2n) is 3.01. The fraction of sp³-hybridized carbons (Fsp3) is 0.200. The van der Waals surface area contributed by atoms with E-state index in [4.69, 9.17) is 11.6 Å². The van der Waals surface area contributed by atoms with Crippen molar-refractivity contribution in [1.82, 2.24) is 5.32 Å². The molecule has 0 radical (unpaired) electrons. The molecule has 1 unspecified atom stereocenters. The second-order valence-corrected chi connectivity index (χ2v) is 4.29. The maximum atomic E-state index is 11.5. The smallest absolute Gasteiger partial charge is 0.251 e. The van der Waals surface area contributed by atoms with Crippen LogP contribution in [0, 0.1) is 0 Å². The van der Waals surface area contributed by atoms with E-state index < -0.39 is 11.3 Å². The molecule has 0 heterocycles. The van der Waals surface area contributed by atoms with E-state index >= 15 is 0 Å². The minimum absolute atomic E-state index is 0.316. The number of carbonyl (C=O) groups is 2. The van der Waals surface area contributed by atoms with Gasteiger partial charge in [-0.15, -0.1) is 0 Å². The summed E-state index contributed by atoms with van der Waals surface area (Å²) in [5.74, 6) is -0.316. The summed E-state index contributed by atoms with van der Waals surface area (Å²) in [6.07, 6.45) is 0. The Kier molecular flexibility index (Phi) is 4.29. The van der Waals surface area contributed by atoms with Crippen molar-refractivity contribution in [3.63, 3.8) is 0 Å². The molecule has 1 amide bonds. The fourth-order valence-electron chi connectivity index (χ4n) is 0.938. The Morgan fingerprint density at radius 3 is 2.33 bits per heavy atom. The number of hydrogen-bond acceptors (Lipinski definition) is 2. The number of hydrogen-bond donors (Lipinski definition) is 1. The lowest BCUT2D eigenvalue weighted by Crippen LogP contribution is -2.36. The van der Waals surface area contributed by atoms with Crippen molar-refractivity contribution in [3.8, 4) is 0 Å². The molecule has 1 aromatic carbocycles. The Morgan fingerprint density at radius 1 is 1.33 bits per heavy atom. The molecule has 1 N–H and O–H groups in total. The number of nitrogens with one attached hydrogen (secondary N) is 1. The number of rotatable bonds is 3. The van der Waals surface area contributed by atoms with Crippen molar-refractivity contribution in [3.05, 3.63) is 34.3 Å². The van der Waals surface area contributed by atoms with E-state index in [9.17, 15) is 9.59 Å². The first-order valence-electron chi connectivity index (χ1n) is 4.26. The van der Waals surface area contributed by atoms with Crippen LogP contribution in [-0.2, 0) is 4.79 Å². The zero-order chi connectivity index (χ0) is 11.4. The predicted octanol–water partition coefficient (Wildman–Crippen LogP) is 2.33. The van der Waals surface area contributed by atoms with E-state index in [1.54, 1.807) is 24.3 Å². The molecule has 1 rings (SSSR count). The van der Waals surface area contributed by atoms with Gasteiger partial charge < -0.3 is 5.32 Å². The third kappa shape index (κ3) is 3.64. The van der Waals surface area contributed by atoms with E-state index in [2.05, 4.69) is 21.2 Å². The molecule has 1 aromatic rings. The van der Waals surface area contributed by atoms with Gasteiger partial charge in [-0.2, -0.15) is 0 Å². The van der Waals surface area contributed by atoms with Crippen LogP contribution in [0.2, 0.25) is 0 Å². The van der Waals surface area contributed by atoms with Gasteiger partial charge in [-0.05, 0) is 42.8 Å². The summed E-state index contributed by atoms with van der Waals surface area (Å²) in [7, 11) is 0. The van der Waals surface area contributed by atoms with Crippen LogP contribution < -0.4 is 5.32 Å². The summed E-state index contributed by atoms with van der Waals surface area (Å²) in [6.45, 7) is 1.53. The summed E-state index contributed by atoms with van der Waals surface area (Å²) in [4.78, 5) is 22.2. The topological polar surface area (TPSA) is 46.2 Å². The average Bonchev–Trinajstić information content (AvgIpc) is 2.18. The van der Waals surface area contributed by atoms with Gasteiger partial charge >= 0.3 is 0 Å². The summed E-state index contributed by atoms with van der Waals surface area (Å²) in [6, 6.07) is 6.14. The maximum Gasteiger partial charge on any atom is 0.251 e. The molecule has 15 heavy (non-hydrogen) atoms. The van der Waals surface area contributed by atoms with Gasteiger partial charge in [-0.25, -0.2) is 0 Å². The molecule has 0 aliphatic heterocycles. The molecule has 1 atom stereocenters. The standard InChI is InChI=1S/C10H9BrClNO2/c1-6(9(12)14)13-10(15)7-2-4-8(11)5-3-7/h2-6H,1H3,(H,13,15). The molecule has 0 aliphatic carbocycles. The summed E-state index contributed by atoms with van der Waals surface area (Å²) >= 11 is 8.49. The molecule has 0 aromatic heterocycles. The molecule has 0 aliphatic rings. The Labute approximate surface area is 101 Å². The van der Waals surface area contributed by atoms with Crippen molar-refractivity contribution in [2.24, 2.45) is 0 Å². The first-order chi connectivity index (χ1) is 7.00. The first kappa shape index (κ1) is 12.2. The van der Waals surface area contributed by atoms with Crippen LogP contribution in [0.1, 0.15) is 17.3 Å². The Balaban J connectivity index is 2.69. The van der Waals surface area contributed by atoms with Crippen LogP contribution in [0.15, 0.2) is 28.7 Å². The molecule has 0 fully saturated rings. The fourth-order valence-corrected chi connectivity index (χ4v) is 1.26. The van der Waals surface area contributed by atoms with Crippen molar-refractivity contribution < 1.29 is 9.59 Å². The van der Waals surface area contributed by atoms with Crippen molar-refractivity contribution in [2.45, 2.75) is 13.0 Å². The van der Waals surface area contributed by atoms with Gasteiger partial charge in [-0.1, -0.05) is 15.9 Å². The Hall–Kier alpha value is -0.870. The lowest BCUT2D eigenvalue weighted by atomic mass is 10.2. The highest BCUT2D eigenvalue weighted by atomic mass is 79.9. The maximum absolute atomic E-state index is 11.5. The third-order valence-electron chi connectivity index (χ3n) is 1.79. The number of carbonyl (C=O) groups excluding carboxylic acids is 2. The lowest BCUT2D eigenvalue weighted by molar-refractivity contribution is -0.113. The van der Waals surface area contributed by atoms with Crippen molar-refractivity contribution >= 4 is 38.7 Å². The lowest BCUT2D eigenvalue weighted by Gasteiger charge is -2.08. The van der Waals surface area contributed by atoms with Crippen molar-refractivity contribution in [1.29, 1.82) is 0 Å². The van der Waals surface area contributed by atoms with Crippen LogP contribution in [0.3, 0.4) is 0 Å². The van der Waals surface area contributed by atoms with Crippen LogP contribution in [0.5, 0.6) is 0 Å². The molecular formula is C10H9BrClNO2. The number of halogens is 2. The molecule has 5 heteroatoms. The minimum Gasteiger partial charge on any atom is -0.341 e. The molecule has 0 spiro atoms. The number of benzene rings is 1. The summed E-state index contributed by atoms with van der Waals surface area (Å²) in [5, 5.41) is 1.90. The normalized spacial score (nSPS) is 11.9. The van der Waals surface area contributed by atoms with Gasteiger partial charge in [0, 0.05) is 10.0 Å². The van der Waals surface area contributed by atoms with Crippen molar-refractivity contribution in [2.75, 3.05) is 0 Å². The SMILES string of the molecule is CC(NC(=O)c1ccc(Br)cc1)C(=O)Cl. The minimum atomic E-state index is -0.678. The zero-order valence-corrected chi connectivity index (χ0v) is 10.3. The van der Waals surface area contributed by atoms with Gasteiger partial charge in [0.1, 0.15) is 6.04 Å². The second kappa shape index (κ2) is 5.28. The highest BCUT2D eigenvalue weighted by Crippen LogP contribution is 2.10. The predicted molar refractivity (Wildman–Crippen MR) is 61.9 cm³/mol. The first-order valence-corrected chi connectivity index (χ1v) is 5.43. The van der Waals surface area contributed by atoms with Crippen LogP contribution in [-0.4, -0.2) is 17.2 Å². The highest BCUT2D eigenvalue weighted by Gasteiger charge is 2.13. The average molecular weight is 291 g/mol. The molecule has 0 saturated carbocycles. The van der Waals surface area contributed by atoms with Gasteiger partial charge in [-0.3, -0.25) is 9.59 Å². The largest absolute Gasteiger partial charge is 0.341 e. The van der Waals surface area contributed by atoms with E-state index in [0.717, 1.165) is 4.47 Å². The van der Waals surface area contributed by atoms with Gasteiger partial charge in [0.15, 0.2) is 0 Å². The van der Waals surface area contributed by atoms with Crippen LogP contribution in [0.25, 0.3) is 0 Å². The van der Waals surface area contributed by atoms with Gasteiger partial charge in [0.2, 0.25) is 5.24 Å². The van der Waals surface area contributed by atoms with Gasteiger partial charge in [0.05, 0.1) is 0 Å². The third-order valence-corrected chi connectivity index (χ3v) is 2.65. The zero-order valence-electron chi connectivity index (χ0n) is 7.96. The summed E-state index contributed by atoms with van der Waals surface area (Å²) in [5.41, 5.74) is 0.489. The van der Waals surface area contributed by atoms with Crippen LogP contribution in [0.4, 0.5) is 0 Å². The van der Waals surface area contributed by atoms with E-state index in [1.807, 2.05) is 0 Å². The molecule has 0 bridgehead atoms. The van der Waals surface area contributed by atoms with Crippen LogP contribution >= 0.6 is 27.5 Å².